The molecule has 2 aromatic carbocycles. The third-order valence-electron chi connectivity index (χ3n) is 3.12. The molecule has 0 bridgehead atoms. The molecular formula is C16H15N3O4. The average Bonchev–Trinajstić information content (AvgIpc) is 2.54. The molecule has 0 aliphatic heterocycles. The molecule has 2 aromatic rings. The van der Waals surface area contributed by atoms with Gasteiger partial charge in [0.05, 0.1) is 4.92 Å². The van der Waals surface area contributed by atoms with Crippen LogP contribution in [0.5, 0.6) is 0 Å². The van der Waals surface area contributed by atoms with E-state index in [1.54, 1.807) is 38.4 Å². The van der Waals surface area contributed by atoms with Crippen LogP contribution in [0.4, 0.5) is 11.4 Å². The Bertz CT molecular complexity index is 771. The molecule has 0 unspecified atom stereocenters. The Kier molecular flexibility index (Phi) is 4.70. The van der Waals surface area contributed by atoms with Gasteiger partial charge in [-0.05, 0) is 24.3 Å². The molecule has 7 heteroatoms. The number of hydrogen-bond donors (Lipinski definition) is 1. The molecule has 0 atom stereocenters. The smallest absolute Gasteiger partial charge is 0.282 e. The van der Waals surface area contributed by atoms with Gasteiger partial charge in [-0.25, -0.2) is 0 Å². The molecule has 7 nitrogen and oxygen atoms in total. The van der Waals surface area contributed by atoms with E-state index in [-0.39, 0.29) is 17.2 Å². The molecule has 0 spiro atoms. The van der Waals surface area contributed by atoms with Crippen LogP contribution >= 0.6 is 0 Å². The first-order chi connectivity index (χ1) is 10.9. The van der Waals surface area contributed by atoms with Gasteiger partial charge in [-0.2, -0.15) is 0 Å². The Morgan fingerprint density at radius 1 is 1.09 bits per heavy atom. The standard InChI is InChI=1S/C16H15N3O4/c1-18(2)16(21)11-6-5-7-12(10-11)17-15(20)13-8-3-4-9-14(13)19(22)23/h3-10H,1-2H3,(H,17,20). The minimum Gasteiger partial charge on any atom is -0.345 e. The number of nitro benzene ring substituents is 1. The highest BCUT2D eigenvalue weighted by Crippen LogP contribution is 2.20. The number of hydrogen-bond acceptors (Lipinski definition) is 4. The fourth-order valence-corrected chi connectivity index (χ4v) is 2.01. The van der Waals surface area contributed by atoms with E-state index in [1.165, 1.54) is 29.2 Å². The van der Waals surface area contributed by atoms with E-state index in [0.29, 0.717) is 11.3 Å². The third kappa shape index (κ3) is 3.70. The number of anilines is 1. The lowest BCUT2D eigenvalue weighted by atomic mass is 10.1. The molecule has 118 valence electrons. The molecule has 0 heterocycles. The van der Waals surface area contributed by atoms with E-state index < -0.39 is 10.8 Å². The Balaban J connectivity index is 2.26. The number of para-hydroxylation sites is 1. The Hall–Kier alpha value is -3.22. The summed E-state index contributed by atoms with van der Waals surface area (Å²) in [6.07, 6.45) is 0. The topological polar surface area (TPSA) is 92.6 Å². The number of nitro groups is 1. The van der Waals surface area contributed by atoms with E-state index in [2.05, 4.69) is 5.32 Å². The molecule has 0 aliphatic carbocycles. The molecule has 2 rings (SSSR count). The van der Waals surface area contributed by atoms with Gasteiger partial charge in [-0.15, -0.1) is 0 Å². The van der Waals surface area contributed by atoms with Crippen molar-refractivity contribution in [2.75, 3.05) is 19.4 Å². The Labute approximate surface area is 132 Å². The molecule has 0 saturated heterocycles. The normalized spacial score (nSPS) is 10.0. The minimum absolute atomic E-state index is 0.0400. The van der Waals surface area contributed by atoms with E-state index >= 15 is 0 Å². The minimum atomic E-state index is -0.610. The lowest BCUT2D eigenvalue weighted by molar-refractivity contribution is -0.385. The summed E-state index contributed by atoms with van der Waals surface area (Å²) in [5.74, 6) is -0.807. The van der Waals surface area contributed by atoms with Gasteiger partial charge >= 0.3 is 0 Å². The average molecular weight is 313 g/mol. The second-order valence-electron chi connectivity index (χ2n) is 5.01. The maximum absolute atomic E-state index is 12.2. The van der Waals surface area contributed by atoms with Crippen molar-refractivity contribution in [3.63, 3.8) is 0 Å². The first-order valence-corrected chi connectivity index (χ1v) is 6.76. The fourth-order valence-electron chi connectivity index (χ4n) is 2.01. The van der Waals surface area contributed by atoms with Gasteiger partial charge in [0.25, 0.3) is 17.5 Å². The zero-order chi connectivity index (χ0) is 17.0. The molecule has 0 radical (unpaired) electrons. The number of benzene rings is 2. The number of amides is 2. The van der Waals surface area contributed by atoms with Gasteiger partial charge in [0.2, 0.25) is 0 Å². The van der Waals surface area contributed by atoms with E-state index in [0.717, 1.165) is 0 Å². The highest BCUT2D eigenvalue weighted by Gasteiger charge is 2.19. The maximum atomic E-state index is 12.2. The molecule has 0 fully saturated rings. The number of nitrogens with zero attached hydrogens (tertiary/aromatic N) is 2. The number of rotatable bonds is 4. The summed E-state index contributed by atoms with van der Waals surface area (Å²) in [7, 11) is 3.25. The summed E-state index contributed by atoms with van der Waals surface area (Å²) >= 11 is 0. The quantitative estimate of drug-likeness (QED) is 0.693. The van der Waals surface area contributed by atoms with Crippen LogP contribution in [0, 0.1) is 10.1 Å². The summed E-state index contributed by atoms with van der Waals surface area (Å²) in [6.45, 7) is 0. The number of nitrogens with one attached hydrogen (secondary N) is 1. The van der Waals surface area contributed by atoms with Crippen molar-refractivity contribution in [3.8, 4) is 0 Å². The zero-order valence-electron chi connectivity index (χ0n) is 12.6. The molecular weight excluding hydrogens is 298 g/mol. The van der Waals surface area contributed by atoms with Crippen LogP contribution in [0.25, 0.3) is 0 Å². The SMILES string of the molecule is CN(C)C(=O)c1cccc(NC(=O)c2ccccc2[N+](=O)[O-])c1. The summed E-state index contributed by atoms with van der Waals surface area (Å²) in [6, 6.07) is 12.1. The highest BCUT2D eigenvalue weighted by atomic mass is 16.6. The van der Waals surface area contributed by atoms with Gasteiger partial charge in [0.15, 0.2) is 0 Å². The van der Waals surface area contributed by atoms with Crippen LogP contribution in [0.15, 0.2) is 48.5 Å². The van der Waals surface area contributed by atoms with Crippen molar-refractivity contribution in [2.45, 2.75) is 0 Å². The molecule has 0 aliphatic rings. The van der Waals surface area contributed by atoms with Crippen molar-refractivity contribution < 1.29 is 14.5 Å². The Morgan fingerprint density at radius 2 is 1.78 bits per heavy atom. The number of carbonyl (C=O) groups is 2. The van der Waals surface area contributed by atoms with Gasteiger partial charge in [0, 0.05) is 31.4 Å². The van der Waals surface area contributed by atoms with Gasteiger partial charge in [0.1, 0.15) is 5.56 Å². The van der Waals surface area contributed by atoms with Crippen molar-refractivity contribution in [1.29, 1.82) is 0 Å². The molecule has 0 aromatic heterocycles. The molecule has 2 amide bonds. The van der Waals surface area contributed by atoms with Gasteiger partial charge < -0.3 is 10.2 Å². The molecule has 0 saturated carbocycles. The van der Waals surface area contributed by atoms with E-state index in [1.807, 2.05) is 0 Å². The second kappa shape index (κ2) is 6.69. The second-order valence-corrected chi connectivity index (χ2v) is 5.01. The lowest BCUT2D eigenvalue weighted by Gasteiger charge is -2.11. The third-order valence-corrected chi connectivity index (χ3v) is 3.12. The van der Waals surface area contributed by atoms with Gasteiger partial charge in [-0.1, -0.05) is 18.2 Å². The monoisotopic (exact) mass is 313 g/mol. The first-order valence-electron chi connectivity index (χ1n) is 6.76. The highest BCUT2D eigenvalue weighted by molar-refractivity contribution is 6.07. The van der Waals surface area contributed by atoms with Crippen LogP contribution in [-0.2, 0) is 0 Å². The maximum Gasteiger partial charge on any atom is 0.282 e. The summed E-state index contributed by atoms with van der Waals surface area (Å²) < 4.78 is 0. The predicted octanol–water partition coefficient (Wildman–Crippen LogP) is 2.55. The van der Waals surface area contributed by atoms with Crippen molar-refractivity contribution in [1.82, 2.24) is 4.90 Å². The largest absolute Gasteiger partial charge is 0.345 e. The fraction of sp³-hybridized carbons (Fsp3) is 0.125. The summed E-state index contributed by atoms with van der Waals surface area (Å²) in [5.41, 5.74) is 0.489. The molecule has 23 heavy (non-hydrogen) atoms. The number of carbonyl (C=O) groups excluding carboxylic acids is 2. The van der Waals surface area contributed by atoms with Crippen LogP contribution < -0.4 is 5.32 Å². The van der Waals surface area contributed by atoms with Crippen molar-refractivity contribution in [3.05, 3.63) is 69.8 Å². The van der Waals surface area contributed by atoms with Crippen molar-refractivity contribution in [2.24, 2.45) is 0 Å². The zero-order valence-corrected chi connectivity index (χ0v) is 12.6. The van der Waals surface area contributed by atoms with Crippen LogP contribution in [0.3, 0.4) is 0 Å². The van der Waals surface area contributed by atoms with Crippen molar-refractivity contribution >= 4 is 23.2 Å². The molecule has 1 N–H and O–H groups in total. The van der Waals surface area contributed by atoms with E-state index in [4.69, 9.17) is 0 Å². The summed E-state index contributed by atoms with van der Waals surface area (Å²) in [4.78, 5) is 35.9. The van der Waals surface area contributed by atoms with Crippen LogP contribution in [-0.4, -0.2) is 35.7 Å². The lowest BCUT2D eigenvalue weighted by Crippen LogP contribution is -2.22. The van der Waals surface area contributed by atoms with Crippen LogP contribution in [0.1, 0.15) is 20.7 Å². The predicted molar refractivity (Wildman–Crippen MR) is 85.5 cm³/mol. The van der Waals surface area contributed by atoms with Crippen LogP contribution in [0.2, 0.25) is 0 Å². The van der Waals surface area contributed by atoms with E-state index in [9.17, 15) is 19.7 Å². The Morgan fingerprint density at radius 3 is 2.43 bits per heavy atom. The van der Waals surface area contributed by atoms with Gasteiger partial charge in [-0.3, -0.25) is 19.7 Å². The summed E-state index contributed by atoms with van der Waals surface area (Å²) in [5, 5.41) is 13.5. The first kappa shape index (κ1) is 16.2.